The highest BCUT2D eigenvalue weighted by Crippen LogP contribution is 2.14. The highest BCUT2D eigenvalue weighted by Gasteiger charge is 2.18. The summed E-state index contributed by atoms with van der Waals surface area (Å²) in [5.41, 5.74) is 4.91. The minimum atomic E-state index is -0.886. The normalized spacial score (nSPS) is 13.7. The molecule has 7 nitrogen and oxygen atoms in total. The van der Waals surface area contributed by atoms with Crippen LogP contribution in [0.25, 0.3) is 0 Å². The highest BCUT2D eigenvalue weighted by atomic mass is 16.4. The van der Waals surface area contributed by atoms with Gasteiger partial charge in [0.05, 0.1) is 0 Å². The van der Waals surface area contributed by atoms with Crippen LogP contribution < -0.4 is 16.4 Å². The van der Waals surface area contributed by atoms with Gasteiger partial charge in [-0.2, -0.15) is 0 Å². The van der Waals surface area contributed by atoms with Gasteiger partial charge in [-0.25, -0.2) is 4.79 Å². The summed E-state index contributed by atoms with van der Waals surface area (Å²) in [6.07, 6.45) is 0.723. The summed E-state index contributed by atoms with van der Waals surface area (Å²) in [7, 11) is 0. The van der Waals surface area contributed by atoms with E-state index in [0.29, 0.717) is 12.3 Å². The molecule has 0 aromatic heterocycles. The van der Waals surface area contributed by atoms with E-state index in [-0.39, 0.29) is 24.8 Å². The molecule has 3 amide bonds. The van der Waals surface area contributed by atoms with Crippen LogP contribution in [0.3, 0.4) is 0 Å². The maximum Gasteiger partial charge on any atom is 0.312 e. The molecule has 7 heteroatoms. The van der Waals surface area contributed by atoms with E-state index in [1.807, 2.05) is 13.8 Å². The molecule has 0 saturated heterocycles. The molecular formula is C12H23N3O4. The molecule has 0 bridgehead atoms. The lowest BCUT2D eigenvalue weighted by molar-refractivity contribution is -0.138. The molecule has 0 aliphatic rings. The Morgan fingerprint density at radius 2 is 1.79 bits per heavy atom. The van der Waals surface area contributed by atoms with Gasteiger partial charge in [0.2, 0.25) is 5.91 Å². The first kappa shape index (κ1) is 17.2. The fourth-order valence-electron chi connectivity index (χ4n) is 1.83. The lowest BCUT2D eigenvalue weighted by atomic mass is 9.94. The molecule has 0 radical (unpaired) electrons. The van der Waals surface area contributed by atoms with Gasteiger partial charge in [-0.05, 0) is 25.2 Å². The zero-order chi connectivity index (χ0) is 15.0. The Morgan fingerprint density at radius 3 is 2.21 bits per heavy atom. The minimum Gasteiger partial charge on any atom is -0.481 e. The van der Waals surface area contributed by atoms with E-state index >= 15 is 0 Å². The van der Waals surface area contributed by atoms with Crippen molar-refractivity contribution in [3.05, 3.63) is 0 Å². The molecule has 2 unspecified atom stereocenters. The summed E-state index contributed by atoms with van der Waals surface area (Å²) in [5, 5.41) is 13.7. The lowest BCUT2D eigenvalue weighted by Crippen LogP contribution is -2.47. The highest BCUT2D eigenvalue weighted by molar-refractivity contribution is 5.86. The third-order valence-electron chi connectivity index (χ3n) is 2.59. The zero-order valence-corrected chi connectivity index (χ0v) is 11.6. The van der Waals surface area contributed by atoms with Crippen LogP contribution in [-0.2, 0) is 9.59 Å². The zero-order valence-electron chi connectivity index (χ0n) is 11.6. The van der Waals surface area contributed by atoms with Gasteiger partial charge < -0.3 is 21.5 Å². The number of primary amides is 1. The first-order chi connectivity index (χ1) is 8.72. The van der Waals surface area contributed by atoms with Crippen LogP contribution in [0.15, 0.2) is 0 Å². The molecule has 5 N–H and O–H groups in total. The molecule has 0 aliphatic heterocycles. The molecule has 110 valence electrons. The molecule has 0 saturated carbocycles. The Morgan fingerprint density at radius 1 is 1.21 bits per heavy atom. The largest absolute Gasteiger partial charge is 0.481 e. The van der Waals surface area contributed by atoms with Crippen LogP contribution in [0, 0.1) is 11.8 Å². The molecule has 0 fully saturated rings. The van der Waals surface area contributed by atoms with Crippen LogP contribution in [-0.4, -0.2) is 35.6 Å². The Kier molecular flexibility index (Phi) is 7.55. The van der Waals surface area contributed by atoms with Crippen molar-refractivity contribution in [1.82, 2.24) is 10.6 Å². The first-order valence-corrected chi connectivity index (χ1v) is 6.27. The second-order valence-corrected chi connectivity index (χ2v) is 5.07. The number of hydrogen-bond donors (Lipinski definition) is 4. The maximum atomic E-state index is 11.6. The van der Waals surface area contributed by atoms with Crippen LogP contribution in [0.1, 0.15) is 33.6 Å². The second-order valence-electron chi connectivity index (χ2n) is 5.07. The Labute approximate surface area is 112 Å². The van der Waals surface area contributed by atoms with Gasteiger partial charge in [-0.15, -0.1) is 0 Å². The number of carbonyl (C=O) groups is 3. The quantitative estimate of drug-likeness (QED) is 0.508. The van der Waals surface area contributed by atoms with Gasteiger partial charge in [-0.1, -0.05) is 13.8 Å². The van der Waals surface area contributed by atoms with Crippen molar-refractivity contribution in [1.29, 1.82) is 0 Å². The van der Waals surface area contributed by atoms with E-state index in [9.17, 15) is 14.4 Å². The molecular weight excluding hydrogens is 250 g/mol. The van der Waals surface area contributed by atoms with E-state index in [2.05, 4.69) is 10.6 Å². The van der Waals surface area contributed by atoms with Gasteiger partial charge in [0, 0.05) is 13.0 Å². The van der Waals surface area contributed by atoms with Gasteiger partial charge in [-0.3, -0.25) is 9.59 Å². The minimum absolute atomic E-state index is 0.0100. The van der Waals surface area contributed by atoms with Crippen molar-refractivity contribution in [2.24, 2.45) is 17.6 Å². The summed E-state index contributed by atoms with van der Waals surface area (Å²) in [6.45, 7) is 5.77. The summed E-state index contributed by atoms with van der Waals surface area (Å²) < 4.78 is 0. The predicted octanol–water partition coefficient (Wildman–Crippen LogP) is 0.296. The fourth-order valence-corrected chi connectivity index (χ4v) is 1.83. The van der Waals surface area contributed by atoms with Crippen molar-refractivity contribution >= 4 is 17.9 Å². The molecule has 19 heavy (non-hydrogen) atoms. The summed E-state index contributed by atoms with van der Waals surface area (Å²) >= 11 is 0. The molecule has 0 aromatic rings. The van der Waals surface area contributed by atoms with E-state index in [4.69, 9.17) is 10.8 Å². The third-order valence-corrected chi connectivity index (χ3v) is 2.59. The van der Waals surface area contributed by atoms with Crippen molar-refractivity contribution in [2.75, 3.05) is 6.54 Å². The van der Waals surface area contributed by atoms with Gasteiger partial charge in [0.25, 0.3) is 0 Å². The smallest absolute Gasteiger partial charge is 0.312 e. The number of nitrogens with one attached hydrogen (secondary N) is 2. The van der Waals surface area contributed by atoms with Crippen molar-refractivity contribution in [2.45, 2.75) is 39.7 Å². The number of carboxylic acid groups (broad SMARTS) is 1. The van der Waals surface area contributed by atoms with Gasteiger partial charge in [0.1, 0.15) is 6.04 Å². The second kappa shape index (κ2) is 8.34. The Bertz CT molecular complexity index is 331. The number of amides is 3. The van der Waals surface area contributed by atoms with E-state index in [1.165, 1.54) is 6.92 Å². The van der Waals surface area contributed by atoms with Crippen LogP contribution in [0.5, 0.6) is 0 Å². The fraction of sp³-hybridized carbons (Fsp3) is 0.750. The SMILES string of the molecule is CC(C)CC(CNC(=O)C(C)NC(N)=O)CC(=O)O. The Balaban J connectivity index is 4.25. The van der Waals surface area contributed by atoms with Crippen molar-refractivity contribution < 1.29 is 19.5 Å². The lowest BCUT2D eigenvalue weighted by Gasteiger charge is -2.19. The van der Waals surface area contributed by atoms with Crippen LogP contribution in [0.2, 0.25) is 0 Å². The molecule has 0 heterocycles. The monoisotopic (exact) mass is 273 g/mol. The van der Waals surface area contributed by atoms with E-state index < -0.39 is 18.0 Å². The number of hydrogen-bond acceptors (Lipinski definition) is 3. The number of carbonyl (C=O) groups excluding carboxylic acids is 2. The molecule has 0 aromatic carbocycles. The summed E-state index contributed by atoms with van der Waals surface area (Å²) in [6, 6.07) is -1.51. The van der Waals surface area contributed by atoms with Crippen molar-refractivity contribution in [3.8, 4) is 0 Å². The average molecular weight is 273 g/mol. The van der Waals surface area contributed by atoms with Crippen molar-refractivity contribution in [3.63, 3.8) is 0 Å². The topological polar surface area (TPSA) is 122 Å². The Hall–Kier alpha value is -1.79. The summed E-state index contributed by atoms with van der Waals surface area (Å²) in [4.78, 5) is 33.0. The number of nitrogens with two attached hydrogens (primary N) is 1. The van der Waals surface area contributed by atoms with E-state index in [1.54, 1.807) is 0 Å². The third kappa shape index (κ3) is 8.87. The first-order valence-electron chi connectivity index (χ1n) is 6.27. The number of urea groups is 1. The molecule has 0 rings (SSSR count). The van der Waals surface area contributed by atoms with Gasteiger partial charge >= 0.3 is 12.0 Å². The van der Waals surface area contributed by atoms with Gasteiger partial charge in [0.15, 0.2) is 0 Å². The molecule has 0 aliphatic carbocycles. The molecule has 2 atom stereocenters. The molecule has 0 spiro atoms. The van der Waals surface area contributed by atoms with Crippen LogP contribution in [0.4, 0.5) is 4.79 Å². The summed E-state index contributed by atoms with van der Waals surface area (Å²) in [5.74, 6) is -1.04. The number of carboxylic acids is 1. The van der Waals surface area contributed by atoms with Crippen LogP contribution >= 0.6 is 0 Å². The number of aliphatic carboxylic acids is 1. The standard InChI is InChI=1S/C12H23N3O4/c1-7(2)4-9(5-10(16)17)6-14-11(18)8(3)15-12(13)19/h7-9H,4-6H2,1-3H3,(H,14,18)(H,16,17)(H3,13,15,19). The average Bonchev–Trinajstić information content (AvgIpc) is 2.22. The van der Waals surface area contributed by atoms with E-state index in [0.717, 1.165) is 0 Å². The predicted molar refractivity (Wildman–Crippen MR) is 70.4 cm³/mol. The maximum absolute atomic E-state index is 11.6. The number of rotatable bonds is 8.